The summed E-state index contributed by atoms with van der Waals surface area (Å²) in [5.41, 5.74) is 6.06. The Kier molecular flexibility index (Phi) is 5.01. The quantitative estimate of drug-likeness (QED) is 0.732. The number of nitrogens with zero attached hydrogens (tertiary/aromatic N) is 2. The smallest absolute Gasteiger partial charge is 0.331 e. The minimum absolute atomic E-state index is 0.0636. The molecular weight excluding hydrogens is 364 g/mol. The van der Waals surface area contributed by atoms with Gasteiger partial charge in [-0.25, -0.2) is 9.00 Å². The van der Waals surface area contributed by atoms with Crippen LogP contribution in [0.2, 0.25) is 0 Å². The number of aliphatic hydroxyl groups is 1. The molecule has 1 aromatic carbocycles. The van der Waals surface area contributed by atoms with E-state index in [0.717, 1.165) is 44.2 Å². The minimum Gasteiger partial charge on any atom is -0.394 e. The molecule has 1 heterocycles. The highest BCUT2D eigenvalue weighted by Gasteiger charge is 2.25. The topological polar surface area (TPSA) is 96.3 Å². The molecule has 2 unspecified atom stereocenters. The third-order valence-electron chi connectivity index (χ3n) is 5.39. The number of nitrogens with one attached hydrogen (secondary N) is 2. The first-order valence-corrected chi connectivity index (χ1v) is 10.5. The van der Waals surface area contributed by atoms with E-state index in [4.69, 9.17) is 0 Å². The second-order valence-electron chi connectivity index (χ2n) is 7.22. The number of aryl methyl sites for hydroxylation is 2. The number of aromatic nitrogens is 2. The fourth-order valence-corrected chi connectivity index (χ4v) is 4.67. The molecule has 3 N–H and O–H groups in total. The number of carbonyl (C=O) groups is 1. The zero-order valence-corrected chi connectivity index (χ0v) is 16.1. The number of fused-ring (bicyclic) bond motifs is 2. The van der Waals surface area contributed by atoms with Gasteiger partial charge in [-0.1, -0.05) is 6.07 Å². The Morgan fingerprint density at radius 2 is 1.93 bits per heavy atom. The van der Waals surface area contributed by atoms with Crippen LogP contribution in [-0.4, -0.2) is 31.7 Å². The SMILES string of the molecule is CC(CO)n1ccc(S(=O)NC(=O)Nc2c3c(cc4c2CCC4)CCC3)n1. The predicted octanol–water partition coefficient (Wildman–Crippen LogP) is 2.26. The van der Waals surface area contributed by atoms with Gasteiger partial charge in [0.25, 0.3) is 0 Å². The van der Waals surface area contributed by atoms with Gasteiger partial charge in [-0.05, 0) is 73.8 Å². The molecule has 27 heavy (non-hydrogen) atoms. The van der Waals surface area contributed by atoms with Crippen LogP contribution >= 0.6 is 0 Å². The average Bonchev–Trinajstić information content (AvgIpc) is 3.40. The Morgan fingerprint density at radius 3 is 2.56 bits per heavy atom. The summed E-state index contributed by atoms with van der Waals surface area (Å²) < 4.78 is 16.5. The van der Waals surface area contributed by atoms with Crippen LogP contribution in [0, 0.1) is 0 Å². The van der Waals surface area contributed by atoms with Gasteiger partial charge in [0, 0.05) is 11.9 Å². The van der Waals surface area contributed by atoms with Crippen molar-refractivity contribution >= 4 is 22.7 Å². The third-order valence-corrected chi connectivity index (χ3v) is 6.36. The Bertz CT molecular complexity index is 876. The lowest BCUT2D eigenvalue weighted by atomic mass is 9.99. The number of urea groups is 1. The van der Waals surface area contributed by atoms with Gasteiger partial charge in [0.2, 0.25) is 0 Å². The van der Waals surface area contributed by atoms with Crippen LogP contribution in [0.1, 0.15) is 48.1 Å². The maximum absolute atomic E-state index is 12.5. The predicted molar refractivity (Wildman–Crippen MR) is 103 cm³/mol. The number of aliphatic hydroxyl groups excluding tert-OH is 1. The molecule has 2 amide bonds. The molecule has 0 spiro atoms. The van der Waals surface area contributed by atoms with E-state index in [1.807, 2.05) is 0 Å². The summed E-state index contributed by atoms with van der Waals surface area (Å²) in [6.45, 7) is 1.74. The van der Waals surface area contributed by atoms with Crippen molar-refractivity contribution in [2.45, 2.75) is 56.5 Å². The largest absolute Gasteiger partial charge is 0.394 e. The van der Waals surface area contributed by atoms with Crippen LogP contribution in [-0.2, 0) is 36.7 Å². The van der Waals surface area contributed by atoms with Crippen molar-refractivity contribution in [1.29, 1.82) is 0 Å². The van der Waals surface area contributed by atoms with E-state index in [9.17, 15) is 14.1 Å². The second-order valence-corrected chi connectivity index (χ2v) is 8.38. The molecule has 0 aliphatic heterocycles. The van der Waals surface area contributed by atoms with E-state index in [0.29, 0.717) is 0 Å². The van der Waals surface area contributed by atoms with Gasteiger partial charge in [0.15, 0.2) is 16.0 Å². The first-order chi connectivity index (χ1) is 13.1. The van der Waals surface area contributed by atoms with Gasteiger partial charge >= 0.3 is 6.03 Å². The Morgan fingerprint density at radius 1 is 1.26 bits per heavy atom. The minimum atomic E-state index is -1.76. The molecular formula is C19H24N4O3S. The van der Waals surface area contributed by atoms with Gasteiger partial charge < -0.3 is 10.4 Å². The van der Waals surface area contributed by atoms with Crippen molar-refractivity contribution < 1.29 is 14.1 Å². The molecule has 7 nitrogen and oxygen atoms in total. The lowest BCUT2D eigenvalue weighted by Crippen LogP contribution is -2.31. The van der Waals surface area contributed by atoms with Crippen molar-refractivity contribution in [3.63, 3.8) is 0 Å². The number of amides is 2. The van der Waals surface area contributed by atoms with Crippen LogP contribution < -0.4 is 10.0 Å². The molecule has 2 aromatic rings. The van der Waals surface area contributed by atoms with Crippen molar-refractivity contribution in [3.05, 3.63) is 40.6 Å². The summed E-state index contributed by atoms with van der Waals surface area (Å²) in [5, 5.41) is 16.6. The highest BCUT2D eigenvalue weighted by atomic mass is 32.2. The zero-order valence-electron chi connectivity index (χ0n) is 15.3. The molecule has 0 saturated carbocycles. The summed E-state index contributed by atoms with van der Waals surface area (Å²) in [5.74, 6) is 0. The number of anilines is 1. The van der Waals surface area contributed by atoms with Gasteiger partial charge in [-0.2, -0.15) is 5.10 Å². The summed E-state index contributed by atoms with van der Waals surface area (Å²) in [6.07, 6.45) is 7.94. The summed E-state index contributed by atoms with van der Waals surface area (Å²) >= 11 is 0. The molecule has 0 bridgehead atoms. The first-order valence-electron chi connectivity index (χ1n) is 9.38. The van der Waals surface area contributed by atoms with Gasteiger partial charge in [0.05, 0.1) is 12.6 Å². The van der Waals surface area contributed by atoms with E-state index in [-0.39, 0.29) is 17.7 Å². The second kappa shape index (κ2) is 7.44. The van der Waals surface area contributed by atoms with E-state index in [1.165, 1.54) is 26.9 Å². The van der Waals surface area contributed by atoms with Gasteiger partial charge in [0.1, 0.15) is 0 Å². The molecule has 8 heteroatoms. The number of carbonyl (C=O) groups excluding carboxylic acids is 1. The Hall–Kier alpha value is -2.19. The maximum atomic E-state index is 12.5. The lowest BCUT2D eigenvalue weighted by molar-refractivity contribution is 0.228. The highest BCUT2D eigenvalue weighted by molar-refractivity contribution is 7.83. The molecule has 4 rings (SSSR count). The fraction of sp³-hybridized carbons (Fsp3) is 0.474. The van der Waals surface area contributed by atoms with Crippen molar-refractivity contribution in [2.75, 3.05) is 11.9 Å². The molecule has 2 aliphatic carbocycles. The summed E-state index contributed by atoms with van der Waals surface area (Å²) in [7, 11) is -1.76. The molecule has 2 aliphatic rings. The lowest BCUT2D eigenvalue weighted by Gasteiger charge is -2.16. The van der Waals surface area contributed by atoms with Crippen molar-refractivity contribution in [2.24, 2.45) is 0 Å². The number of benzene rings is 1. The molecule has 144 valence electrons. The van der Waals surface area contributed by atoms with E-state index < -0.39 is 17.0 Å². The third kappa shape index (κ3) is 3.51. The van der Waals surface area contributed by atoms with Crippen LogP contribution in [0.15, 0.2) is 23.4 Å². The van der Waals surface area contributed by atoms with Crippen molar-refractivity contribution in [1.82, 2.24) is 14.5 Å². The van der Waals surface area contributed by atoms with Crippen LogP contribution in [0.5, 0.6) is 0 Å². The molecule has 0 fully saturated rings. The maximum Gasteiger partial charge on any atom is 0.331 e. The number of hydrogen-bond acceptors (Lipinski definition) is 4. The van der Waals surface area contributed by atoms with E-state index >= 15 is 0 Å². The van der Waals surface area contributed by atoms with E-state index in [1.54, 1.807) is 19.2 Å². The zero-order chi connectivity index (χ0) is 19.0. The van der Waals surface area contributed by atoms with Crippen LogP contribution in [0.25, 0.3) is 0 Å². The number of rotatable bonds is 5. The monoisotopic (exact) mass is 388 g/mol. The van der Waals surface area contributed by atoms with E-state index in [2.05, 4.69) is 21.2 Å². The molecule has 2 atom stereocenters. The summed E-state index contributed by atoms with van der Waals surface area (Å²) in [6, 6.07) is 3.20. The Labute approximate surface area is 160 Å². The molecule has 0 saturated heterocycles. The summed E-state index contributed by atoms with van der Waals surface area (Å²) in [4.78, 5) is 12.5. The normalized spacial score (nSPS) is 17.3. The fourth-order valence-electron chi connectivity index (χ4n) is 3.99. The van der Waals surface area contributed by atoms with Gasteiger partial charge in [-0.15, -0.1) is 0 Å². The van der Waals surface area contributed by atoms with Crippen molar-refractivity contribution in [3.8, 4) is 0 Å². The average molecular weight is 388 g/mol. The first kappa shape index (κ1) is 18.2. The van der Waals surface area contributed by atoms with Crippen LogP contribution in [0.3, 0.4) is 0 Å². The van der Waals surface area contributed by atoms with Gasteiger partial charge in [-0.3, -0.25) is 9.40 Å². The van der Waals surface area contributed by atoms with Crippen LogP contribution in [0.4, 0.5) is 10.5 Å². The molecule has 1 aromatic heterocycles. The Balaban J connectivity index is 1.49. The molecule has 0 radical (unpaired) electrons. The highest BCUT2D eigenvalue weighted by Crippen LogP contribution is 2.38. The number of hydrogen-bond donors (Lipinski definition) is 3. The standard InChI is InChI=1S/C19H24N4O3S/c1-12(11-24)23-9-8-17(21-23)27(26)22-19(25)20-18-15-6-2-4-13(15)10-14-5-3-7-16(14)18/h8-10,12,24H,2-7,11H2,1H3,(H2,20,22,25).